The van der Waals surface area contributed by atoms with Crippen LogP contribution < -0.4 is 10.6 Å². The maximum atomic E-state index is 11.9. The molecule has 1 heterocycles. The van der Waals surface area contributed by atoms with Gasteiger partial charge in [0.15, 0.2) is 5.60 Å². The van der Waals surface area contributed by atoms with Crippen molar-refractivity contribution in [2.24, 2.45) is 0 Å². The molecule has 0 spiro atoms. The minimum atomic E-state index is -1.95. The Bertz CT molecular complexity index is 525. The van der Waals surface area contributed by atoms with Crippen LogP contribution >= 0.6 is 0 Å². The van der Waals surface area contributed by atoms with E-state index in [1.807, 2.05) is 0 Å². The van der Waals surface area contributed by atoms with Crippen LogP contribution in [0.4, 0.5) is 0 Å². The van der Waals surface area contributed by atoms with Crippen LogP contribution in [-0.4, -0.2) is 104 Å². The third-order valence-electron chi connectivity index (χ3n) is 4.35. The van der Waals surface area contributed by atoms with Crippen LogP contribution in [0.15, 0.2) is 0 Å². The fraction of sp³-hybridized carbons (Fsp3) is 0.875. The predicted octanol–water partition coefficient (Wildman–Crippen LogP) is -3.46. The second kappa shape index (κ2) is 9.24. The summed E-state index contributed by atoms with van der Waals surface area (Å²) >= 11 is 0. The highest BCUT2D eigenvalue weighted by molar-refractivity contribution is 5.79. The summed E-state index contributed by atoms with van der Waals surface area (Å²) in [4.78, 5) is 23.5. The van der Waals surface area contributed by atoms with E-state index in [-0.39, 0.29) is 6.54 Å². The fourth-order valence-electron chi connectivity index (χ4n) is 2.82. The van der Waals surface area contributed by atoms with Crippen LogP contribution in [0.25, 0.3) is 0 Å². The molecule has 1 rings (SSSR count). The van der Waals surface area contributed by atoms with Crippen molar-refractivity contribution in [2.45, 2.75) is 68.8 Å². The summed E-state index contributed by atoms with van der Waals surface area (Å²) in [5.74, 6) is -2.28. The molecule has 0 saturated carbocycles. The van der Waals surface area contributed by atoms with Gasteiger partial charge in [0.05, 0.1) is 18.8 Å². The van der Waals surface area contributed by atoms with Crippen LogP contribution in [0.3, 0.4) is 0 Å². The molecule has 1 saturated heterocycles. The second-order valence-corrected chi connectivity index (χ2v) is 7.75. The van der Waals surface area contributed by atoms with E-state index >= 15 is 0 Å². The largest absolute Gasteiger partial charge is 0.479 e. The van der Waals surface area contributed by atoms with Crippen molar-refractivity contribution in [1.82, 2.24) is 10.6 Å². The van der Waals surface area contributed by atoms with E-state index in [0.717, 1.165) is 0 Å². The number of nitrogens with one attached hydrogen (secondary N) is 2. The van der Waals surface area contributed by atoms with E-state index < -0.39 is 73.1 Å². The summed E-state index contributed by atoms with van der Waals surface area (Å²) in [6.45, 7) is 3.43. The Kier molecular flexibility index (Phi) is 8.11. The van der Waals surface area contributed by atoms with Gasteiger partial charge in [-0.3, -0.25) is 4.79 Å². The van der Waals surface area contributed by atoms with Gasteiger partial charge in [-0.15, -0.1) is 0 Å². The highest BCUT2D eigenvalue weighted by atomic mass is 16.6. The van der Waals surface area contributed by atoms with Crippen LogP contribution in [0.1, 0.15) is 27.2 Å². The molecule has 1 aliphatic rings. The van der Waals surface area contributed by atoms with Crippen molar-refractivity contribution >= 4 is 11.9 Å². The van der Waals surface area contributed by atoms with Crippen molar-refractivity contribution in [2.75, 3.05) is 19.8 Å². The van der Waals surface area contributed by atoms with Crippen molar-refractivity contribution in [3.05, 3.63) is 0 Å². The molecule has 0 bridgehead atoms. The minimum Gasteiger partial charge on any atom is -0.479 e. The zero-order valence-electron chi connectivity index (χ0n) is 15.6. The summed E-state index contributed by atoms with van der Waals surface area (Å²) in [6.07, 6.45) is -6.93. The lowest BCUT2D eigenvalue weighted by molar-refractivity contribution is -0.228. The zero-order chi connectivity index (χ0) is 21.0. The number of carboxylic acid groups (broad SMARTS) is 1. The van der Waals surface area contributed by atoms with Crippen LogP contribution in [-0.2, 0) is 14.3 Å². The molecule has 0 aromatic heterocycles. The van der Waals surface area contributed by atoms with E-state index in [1.54, 1.807) is 20.8 Å². The number of carbonyl (C=O) groups excluding carboxylic acids is 1. The Labute approximate surface area is 157 Å². The summed E-state index contributed by atoms with van der Waals surface area (Å²) in [6, 6.07) is -1.30. The average molecular weight is 394 g/mol. The highest BCUT2D eigenvalue weighted by Gasteiger charge is 2.54. The fourth-order valence-corrected chi connectivity index (χ4v) is 2.82. The quantitative estimate of drug-likeness (QED) is 0.205. The van der Waals surface area contributed by atoms with Gasteiger partial charge in [-0.05, 0) is 20.8 Å². The Morgan fingerprint density at radius 3 is 2.30 bits per heavy atom. The summed E-state index contributed by atoms with van der Waals surface area (Å²) in [5.41, 5.74) is -2.43. The van der Waals surface area contributed by atoms with Gasteiger partial charge < -0.3 is 46.0 Å². The standard InChI is InChI=1S/C16H30N2O9/c1-15(2,3)17-7-16(14(25)26)4-8(21)11(18-10(23)6-20)13(27-16)12(24)9(22)5-19/h8-9,11-13,17,19-22,24H,4-7H2,1-3H3,(H,18,23)(H,25,26)/t8-,9+,11+,12+,13+,16-/m0/s1. The van der Waals surface area contributed by atoms with E-state index in [0.29, 0.717) is 0 Å². The van der Waals surface area contributed by atoms with E-state index in [9.17, 15) is 30.0 Å². The maximum Gasteiger partial charge on any atom is 0.337 e. The summed E-state index contributed by atoms with van der Waals surface area (Å²) < 4.78 is 5.60. The highest BCUT2D eigenvalue weighted by Crippen LogP contribution is 2.32. The number of rotatable bonds is 8. The van der Waals surface area contributed by atoms with Gasteiger partial charge in [0.25, 0.3) is 0 Å². The molecule has 6 atom stereocenters. The number of aliphatic carboxylic acids is 1. The molecule has 27 heavy (non-hydrogen) atoms. The van der Waals surface area contributed by atoms with Crippen molar-refractivity contribution in [1.29, 1.82) is 0 Å². The molecule has 0 aromatic carbocycles. The Morgan fingerprint density at radius 2 is 1.85 bits per heavy atom. The predicted molar refractivity (Wildman–Crippen MR) is 91.7 cm³/mol. The molecule has 11 heteroatoms. The molecule has 1 aliphatic heterocycles. The number of carboxylic acids is 1. The third kappa shape index (κ3) is 6.07. The molecular weight excluding hydrogens is 364 g/mol. The van der Waals surface area contributed by atoms with Gasteiger partial charge in [0, 0.05) is 18.5 Å². The lowest BCUT2D eigenvalue weighted by Gasteiger charge is -2.47. The van der Waals surface area contributed by atoms with Crippen molar-refractivity contribution in [3.63, 3.8) is 0 Å². The van der Waals surface area contributed by atoms with E-state index in [4.69, 9.17) is 14.9 Å². The van der Waals surface area contributed by atoms with Gasteiger partial charge >= 0.3 is 5.97 Å². The van der Waals surface area contributed by atoms with Crippen molar-refractivity contribution in [3.8, 4) is 0 Å². The zero-order valence-corrected chi connectivity index (χ0v) is 15.6. The molecular formula is C16H30N2O9. The first kappa shape index (κ1) is 23.7. The molecule has 8 N–H and O–H groups in total. The first-order valence-electron chi connectivity index (χ1n) is 8.58. The number of aliphatic hydroxyl groups excluding tert-OH is 5. The van der Waals surface area contributed by atoms with Crippen LogP contribution in [0.5, 0.6) is 0 Å². The topological polar surface area (TPSA) is 189 Å². The smallest absolute Gasteiger partial charge is 0.337 e. The molecule has 158 valence electrons. The third-order valence-corrected chi connectivity index (χ3v) is 4.35. The summed E-state index contributed by atoms with van der Waals surface area (Å²) in [7, 11) is 0. The number of hydrogen-bond donors (Lipinski definition) is 8. The molecule has 11 nitrogen and oxygen atoms in total. The lowest BCUT2D eigenvalue weighted by atomic mass is 9.83. The van der Waals surface area contributed by atoms with Gasteiger partial charge in [-0.1, -0.05) is 0 Å². The van der Waals surface area contributed by atoms with Crippen molar-refractivity contribution < 1.29 is 45.0 Å². The first-order valence-corrected chi connectivity index (χ1v) is 8.58. The van der Waals surface area contributed by atoms with Gasteiger partial charge in [-0.25, -0.2) is 4.79 Å². The van der Waals surface area contributed by atoms with Gasteiger partial charge in [0.1, 0.15) is 24.9 Å². The lowest BCUT2D eigenvalue weighted by Crippen LogP contribution is -2.69. The number of aliphatic hydroxyl groups is 5. The van der Waals surface area contributed by atoms with E-state index in [1.165, 1.54) is 0 Å². The molecule has 0 unspecified atom stereocenters. The molecule has 0 aromatic rings. The first-order chi connectivity index (χ1) is 12.4. The molecule has 1 amide bonds. The Morgan fingerprint density at radius 1 is 1.26 bits per heavy atom. The normalized spacial score (nSPS) is 31.2. The second-order valence-electron chi connectivity index (χ2n) is 7.75. The Balaban J connectivity index is 3.21. The SMILES string of the molecule is CC(C)(C)NC[C@]1(C(=O)O)C[C@H](O)[C@@H](NC(=O)CO)[C@H]([C@H](O)[C@H](O)CO)O1. The average Bonchev–Trinajstić information content (AvgIpc) is 2.59. The van der Waals surface area contributed by atoms with Gasteiger partial charge in [0.2, 0.25) is 5.91 Å². The number of hydrogen-bond acceptors (Lipinski definition) is 9. The van der Waals surface area contributed by atoms with Gasteiger partial charge in [-0.2, -0.15) is 0 Å². The number of carbonyl (C=O) groups is 2. The number of ether oxygens (including phenoxy) is 1. The van der Waals surface area contributed by atoms with Crippen LogP contribution in [0.2, 0.25) is 0 Å². The molecule has 0 aliphatic carbocycles. The number of amides is 1. The monoisotopic (exact) mass is 394 g/mol. The molecule has 0 radical (unpaired) electrons. The molecule has 1 fully saturated rings. The maximum absolute atomic E-state index is 11.9. The Hall–Kier alpha value is -1.34. The summed E-state index contributed by atoms with van der Waals surface area (Å²) in [5, 5.41) is 63.4. The van der Waals surface area contributed by atoms with Crippen LogP contribution in [0, 0.1) is 0 Å². The minimum absolute atomic E-state index is 0.220. The van der Waals surface area contributed by atoms with E-state index in [2.05, 4.69) is 10.6 Å².